The number of halogens is 17. The van der Waals surface area contributed by atoms with E-state index in [1.165, 1.54) is 0 Å². The summed E-state index contributed by atoms with van der Waals surface area (Å²) < 4.78 is 222. The van der Waals surface area contributed by atoms with Crippen molar-refractivity contribution in [3.8, 4) is 0 Å². The Morgan fingerprint density at radius 3 is 1.26 bits per heavy atom. The molecule has 0 aliphatic heterocycles. The second-order valence-corrected chi connectivity index (χ2v) is 7.88. The van der Waals surface area contributed by atoms with E-state index >= 15 is 0 Å². The van der Waals surface area contributed by atoms with Crippen LogP contribution in [0.4, 0.5) is 74.6 Å². The normalized spacial score (nSPS) is 16.7. The molecule has 0 aromatic carbocycles. The van der Waals surface area contributed by atoms with E-state index in [1.54, 1.807) is 0 Å². The molecule has 0 rings (SSSR count). The summed E-state index contributed by atoms with van der Waals surface area (Å²) in [6.07, 6.45) is -11.0. The topological polar surface area (TPSA) is 40.5 Å². The van der Waals surface area contributed by atoms with Gasteiger partial charge >= 0.3 is 47.6 Å². The predicted octanol–water partition coefficient (Wildman–Crippen LogP) is 6.21. The predicted molar refractivity (Wildman–Crippen MR) is 80.1 cm³/mol. The summed E-state index contributed by atoms with van der Waals surface area (Å²) in [5.41, 5.74) is -1.70. The van der Waals surface area contributed by atoms with E-state index in [9.17, 15) is 79.7 Å². The molecule has 0 saturated carbocycles. The van der Waals surface area contributed by atoms with Gasteiger partial charge in [0.25, 0.3) is 0 Å². The zero-order valence-electron chi connectivity index (χ0n) is 15.8. The van der Waals surface area contributed by atoms with Gasteiger partial charge in [0.2, 0.25) is 0 Å². The van der Waals surface area contributed by atoms with E-state index in [2.05, 4.69) is 0 Å². The van der Waals surface area contributed by atoms with E-state index in [0.29, 0.717) is 0 Å². The van der Waals surface area contributed by atoms with Crippen molar-refractivity contribution in [2.75, 3.05) is 12.4 Å². The van der Waals surface area contributed by atoms with Crippen molar-refractivity contribution in [2.45, 2.75) is 72.3 Å². The van der Waals surface area contributed by atoms with Gasteiger partial charge in [0.05, 0.1) is 5.44 Å². The summed E-state index contributed by atoms with van der Waals surface area (Å²) in [6.45, 7) is -0.556. The average molecular weight is 568 g/mol. The Hall–Kier alpha value is -0.920. The molecule has 0 spiro atoms. The third-order valence-electron chi connectivity index (χ3n) is 4.12. The smallest absolute Gasteiger partial charge is 0.396 e. The molecule has 0 heterocycles. The van der Waals surface area contributed by atoms with E-state index in [-0.39, 0.29) is 24.6 Å². The Kier molecular flexibility index (Phi) is 9.59. The minimum Gasteiger partial charge on any atom is -0.396 e. The molecule has 2 nitrogen and oxygen atoms in total. The molecule has 0 aromatic heterocycles. The first-order valence-corrected chi connectivity index (χ1v) is 9.37. The van der Waals surface area contributed by atoms with Crippen LogP contribution in [0.3, 0.4) is 0 Å². The molecular weight excluding hydrogens is 555 g/mol. The molecule has 0 saturated heterocycles. The largest absolute Gasteiger partial charge is 0.460 e. The van der Waals surface area contributed by atoms with Crippen molar-refractivity contribution < 1.29 is 84.9 Å². The molecule has 0 fully saturated rings. The van der Waals surface area contributed by atoms with Crippen LogP contribution < -0.4 is 0 Å². The maximum Gasteiger partial charge on any atom is 0.460 e. The zero-order chi connectivity index (χ0) is 27.8. The van der Waals surface area contributed by atoms with Gasteiger partial charge in [-0.05, 0) is 12.8 Å². The van der Waals surface area contributed by atoms with E-state index in [1.807, 2.05) is 0 Å². The summed E-state index contributed by atoms with van der Waals surface area (Å²) in [7, 11) is 0. The number of thioether (sulfide) groups is 1. The van der Waals surface area contributed by atoms with E-state index < -0.39 is 71.9 Å². The number of aliphatic hydroxyl groups is 2. The first-order chi connectivity index (χ1) is 14.7. The van der Waals surface area contributed by atoms with Crippen LogP contribution in [0.2, 0.25) is 0 Å². The molecule has 2 N–H and O–H groups in total. The van der Waals surface area contributed by atoms with Crippen LogP contribution in [-0.2, 0) is 0 Å². The number of rotatable bonds is 13. The van der Waals surface area contributed by atoms with Crippen LogP contribution in [0.15, 0.2) is 0 Å². The summed E-state index contributed by atoms with van der Waals surface area (Å²) in [4.78, 5) is 0. The second-order valence-electron chi connectivity index (χ2n) is 6.59. The zero-order valence-corrected chi connectivity index (χ0v) is 16.7. The van der Waals surface area contributed by atoms with Crippen LogP contribution >= 0.6 is 11.8 Å². The van der Waals surface area contributed by atoms with Gasteiger partial charge < -0.3 is 10.2 Å². The van der Waals surface area contributed by atoms with Crippen molar-refractivity contribution >= 4 is 11.8 Å². The molecule has 34 heavy (non-hydrogen) atoms. The molecule has 0 aliphatic rings. The average Bonchev–Trinajstić information content (AvgIpc) is 2.64. The van der Waals surface area contributed by atoms with Gasteiger partial charge in [0, 0.05) is 18.8 Å². The highest BCUT2D eigenvalue weighted by atomic mass is 32.2. The number of hydrogen-bond donors (Lipinski definition) is 2. The van der Waals surface area contributed by atoms with Crippen molar-refractivity contribution in [2.24, 2.45) is 0 Å². The van der Waals surface area contributed by atoms with Gasteiger partial charge in [-0.1, -0.05) is 0 Å². The van der Waals surface area contributed by atoms with Crippen molar-refractivity contribution in [3.63, 3.8) is 0 Å². The third-order valence-corrected chi connectivity index (χ3v) is 5.18. The second kappa shape index (κ2) is 9.85. The van der Waals surface area contributed by atoms with Crippen LogP contribution in [-0.4, -0.2) is 75.6 Å². The standard InChI is InChI=1S/C14H13F17O2S/c15-7(16,3-5-34-6(33)2-1-4-32)8(17,18)9(19,20)10(21,22)11(23,24)12(25,26)13(27,28)14(29,30)31/h6,32-33H,1-5H2. The third kappa shape index (κ3) is 5.27. The van der Waals surface area contributed by atoms with Gasteiger partial charge in [-0.25, -0.2) is 0 Å². The fraction of sp³-hybridized carbons (Fsp3) is 1.00. The first-order valence-electron chi connectivity index (χ1n) is 8.32. The SMILES string of the molecule is OCCCC(O)SCCC(F)(F)C(F)(F)C(F)(F)C(F)(F)C(F)(F)C(F)(F)C(F)(F)C(F)(F)F. The molecule has 0 aromatic rings. The Balaban J connectivity index is 6.16. The van der Waals surface area contributed by atoms with E-state index in [0.717, 1.165) is 0 Å². The molecule has 0 bridgehead atoms. The monoisotopic (exact) mass is 568 g/mol. The van der Waals surface area contributed by atoms with Gasteiger partial charge in [-0.2, -0.15) is 74.6 Å². The number of alkyl halides is 17. The minimum atomic E-state index is -8.64. The molecule has 0 radical (unpaired) electrons. The lowest BCUT2D eigenvalue weighted by Gasteiger charge is -2.42. The van der Waals surface area contributed by atoms with Crippen molar-refractivity contribution in [3.05, 3.63) is 0 Å². The van der Waals surface area contributed by atoms with Crippen molar-refractivity contribution in [1.29, 1.82) is 0 Å². The Morgan fingerprint density at radius 1 is 0.559 bits per heavy atom. The molecule has 206 valence electrons. The summed E-state index contributed by atoms with van der Waals surface area (Å²) >= 11 is -0.100. The highest BCUT2D eigenvalue weighted by Gasteiger charge is 2.95. The number of aliphatic hydroxyl groups excluding tert-OH is 2. The first kappa shape index (κ1) is 33.1. The lowest BCUT2D eigenvalue weighted by molar-refractivity contribution is -0.461. The maximum atomic E-state index is 13.6. The highest BCUT2D eigenvalue weighted by molar-refractivity contribution is 7.99. The number of hydrogen-bond acceptors (Lipinski definition) is 3. The summed E-state index contributed by atoms with van der Waals surface area (Å²) in [6, 6.07) is 0. The summed E-state index contributed by atoms with van der Waals surface area (Å²) in [5, 5.41) is 17.7. The molecule has 0 amide bonds. The van der Waals surface area contributed by atoms with Crippen LogP contribution in [0.1, 0.15) is 19.3 Å². The lowest BCUT2D eigenvalue weighted by atomic mass is 9.88. The van der Waals surface area contributed by atoms with Crippen LogP contribution in [0.25, 0.3) is 0 Å². The molecule has 20 heteroatoms. The molecule has 1 unspecified atom stereocenters. The van der Waals surface area contributed by atoms with Gasteiger partial charge in [0.1, 0.15) is 0 Å². The van der Waals surface area contributed by atoms with E-state index in [4.69, 9.17) is 5.11 Å². The highest BCUT2D eigenvalue weighted by Crippen LogP contribution is 2.64. The lowest BCUT2D eigenvalue weighted by Crippen LogP contribution is -2.74. The quantitative estimate of drug-likeness (QED) is 0.205. The molecular formula is C14H13F17O2S. The Morgan fingerprint density at radius 2 is 0.912 bits per heavy atom. The van der Waals surface area contributed by atoms with Crippen LogP contribution in [0, 0.1) is 0 Å². The Labute approximate surface area is 182 Å². The fourth-order valence-electron chi connectivity index (χ4n) is 2.03. The Bertz CT molecular complexity index is 676. The summed E-state index contributed by atoms with van der Waals surface area (Å²) in [5.74, 6) is -57.9. The van der Waals surface area contributed by atoms with Crippen LogP contribution in [0.5, 0.6) is 0 Å². The van der Waals surface area contributed by atoms with Gasteiger partial charge in [-0.15, -0.1) is 11.8 Å². The minimum absolute atomic E-state index is 0.100. The van der Waals surface area contributed by atoms with Crippen molar-refractivity contribution in [1.82, 2.24) is 0 Å². The fourth-order valence-corrected chi connectivity index (χ4v) is 3.01. The maximum absolute atomic E-state index is 13.6. The van der Waals surface area contributed by atoms with Gasteiger partial charge in [-0.3, -0.25) is 0 Å². The molecule has 0 aliphatic carbocycles. The molecule has 1 atom stereocenters. The van der Waals surface area contributed by atoms with Gasteiger partial charge in [0.15, 0.2) is 0 Å².